The number of likely N-dealkylation sites (N-methyl/N-ethyl adjacent to an activating group) is 1. The first-order chi connectivity index (χ1) is 9.63. The molecule has 0 unspecified atom stereocenters. The lowest BCUT2D eigenvalue weighted by atomic mass is 10.3. The van der Waals surface area contributed by atoms with Gasteiger partial charge in [-0.2, -0.15) is 0 Å². The van der Waals surface area contributed by atoms with Gasteiger partial charge in [0.05, 0.1) is 19.7 Å². The van der Waals surface area contributed by atoms with Crippen LogP contribution < -0.4 is 10.1 Å². The molecule has 6 heteroatoms. The number of amides is 1. The topological polar surface area (TPSA) is 50.8 Å². The summed E-state index contributed by atoms with van der Waals surface area (Å²) in [6, 6.07) is 5.79. The van der Waals surface area contributed by atoms with E-state index >= 15 is 0 Å². The van der Waals surface area contributed by atoms with Gasteiger partial charge in [-0.15, -0.1) is 0 Å². The third-order valence-electron chi connectivity index (χ3n) is 2.69. The van der Waals surface area contributed by atoms with Crippen molar-refractivity contribution in [2.75, 3.05) is 47.0 Å². The van der Waals surface area contributed by atoms with E-state index < -0.39 is 0 Å². The molecule has 1 N–H and O–H groups in total. The molecule has 0 fully saturated rings. The maximum Gasteiger partial charge on any atom is 0.236 e. The molecule has 0 spiro atoms. The Labute approximate surface area is 118 Å². The molecule has 0 saturated heterocycles. The van der Waals surface area contributed by atoms with Gasteiger partial charge in [-0.25, -0.2) is 4.39 Å². The fourth-order valence-corrected chi connectivity index (χ4v) is 1.46. The summed E-state index contributed by atoms with van der Waals surface area (Å²) in [4.78, 5) is 13.3. The van der Waals surface area contributed by atoms with Gasteiger partial charge in [0.2, 0.25) is 5.91 Å². The fourth-order valence-electron chi connectivity index (χ4n) is 1.46. The predicted molar refractivity (Wildman–Crippen MR) is 74.3 cm³/mol. The number of carbonyl (C=O) groups is 1. The highest BCUT2D eigenvalue weighted by molar-refractivity contribution is 5.77. The third-order valence-corrected chi connectivity index (χ3v) is 2.69. The first-order valence-electron chi connectivity index (χ1n) is 6.45. The number of nitrogens with zero attached hydrogens (tertiary/aromatic N) is 1. The van der Waals surface area contributed by atoms with Crippen molar-refractivity contribution in [1.29, 1.82) is 0 Å². The first-order valence-corrected chi connectivity index (χ1v) is 6.45. The van der Waals surface area contributed by atoms with E-state index in [1.807, 2.05) is 0 Å². The van der Waals surface area contributed by atoms with E-state index in [1.54, 1.807) is 31.2 Å². The number of methoxy groups -OCH3 is 1. The number of halogens is 1. The van der Waals surface area contributed by atoms with Gasteiger partial charge in [0.25, 0.3) is 0 Å². The summed E-state index contributed by atoms with van der Waals surface area (Å²) < 4.78 is 23.0. The number of hydrogen-bond acceptors (Lipinski definition) is 4. The van der Waals surface area contributed by atoms with Gasteiger partial charge in [-0.05, 0) is 24.3 Å². The first kappa shape index (κ1) is 16.4. The summed E-state index contributed by atoms with van der Waals surface area (Å²) >= 11 is 0. The van der Waals surface area contributed by atoms with E-state index in [0.717, 1.165) is 0 Å². The molecule has 0 saturated carbocycles. The zero-order chi connectivity index (χ0) is 14.8. The fraction of sp³-hybridized carbons (Fsp3) is 0.500. The highest BCUT2D eigenvalue weighted by Crippen LogP contribution is 2.10. The van der Waals surface area contributed by atoms with Gasteiger partial charge in [0.1, 0.15) is 18.2 Å². The molecule has 20 heavy (non-hydrogen) atoms. The molecule has 0 aliphatic carbocycles. The lowest BCUT2D eigenvalue weighted by Crippen LogP contribution is -2.38. The molecule has 0 radical (unpaired) electrons. The number of rotatable bonds is 9. The van der Waals surface area contributed by atoms with Crippen molar-refractivity contribution in [2.45, 2.75) is 0 Å². The molecule has 1 aromatic carbocycles. The average Bonchev–Trinajstić information content (AvgIpc) is 2.45. The minimum Gasteiger partial charge on any atom is -0.492 e. The SMILES string of the molecule is COCCNCC(=O)N(C)CCOc1ccc(F)cc1. The molecule has 1 amide bonds. The number of carbonyl (C=O) groups excluding carboxylic acids is 1. The summed E-state index contributed by atoms with van der Waals surface area (Å²) in [6.45, 7) is 2.33. The van der Waals surface area contributed by atoms with Crippen LogP contribution >= 0.6 is 0 Å². The molecule has 0 aromatic heterocycles. The molecule has 0 heterocycles. The largest absolute Gasteiger partial charge is 0.492 e. The van der Waals surface area contributed by atoms with Crippen molar-refractivity contribution in [3.8, 4) is 5.75 Å². The van der Waals surface area contributed by atoms with E-state index in [-0.39, 0.29) is 18.3 Å². The Morgan fingerprint density at radius 1 is 1.30 bits per heavy atom. The van der Waals surface area contributed by atoms with Crippen molar-refractivity contribution < 1.29 is 18.7 Å². The lowest BCUT2D eigenvalue weighted by molar-refractivity contribution is -0.129. The van der Waals surface area contributed by atoms with E-state index in [2.05, 4.69) is 5.32 Å². The monoisotopic (exact) mass is 284 g/mol. The number of nitrogens with one attached hydrogen (secondary N) is 1. The van der Waals surface area contributed by atoms with Crippen LogP contribution in [0.25, 0.3) is 0 Å². The zero-order valence-corrected chi connectivity index (χ0v) is 11.9. The summed E-state index contributed by atoms with van der Waals surface area (Å²) in [5.74, 6) is 0.279. The van der Waals surface area contributed by atoms with E-state index in [9.17, 15) is 9.18 Å². The van der Waals surface area contributed by atoms with Crippen molar-refractivity contribution in [3.05, 3.63) is 30.1 Å². The second kappa shape index (κ2) is 9.28. The van der Waals surface area contributed by atoms with E-state index in [4.69, 9.17) is 9.47 Å². The molecule has 1 aromatic rings. The molecule has 0 aliphatic rings. The Hall–Kier alpha value is -1.66. The van der Waals surface area contributed by atoms with Crippen molar-refractivity contribution >= 4 is 5.91 Å². The molecule has 112 valence electrons. The second-order valence-electron chi connectivity index (χ2n) is 4.29. The van der Waals surface area contributed by atoms with E-state index in [1.165, 1.54) is 12.1 Å². The minimum absolute atomic E-state index is 0.0104. The molecule has 5 nitrogen and oxygen atoms in total. The Balaban J connectivity index is 2.17. The van der Waals surface area contributed by atoms with Crippen LogP contribution in [0.4, 0.5) is 4.39 Å². The molecule has 1 rings (SSSR count). The van der Waals surface area contributed by atoms with Gasteiger partial charge in [-0.1, -0.05) is 0 Å². The van der Waals surface area contributed by atoms with Crippen LogP contribution in [-0.2, 0) is 9.53 Å². The maximum absolute atomic E-state index is 12.7. The number of ether oxygens (including phenoxy) is 2. The highest BCUT2D eigenvalue weighted by Gasteiger charge is 2.07. The maximum atomic E-state index is 12.7. The predicted octanol–water partition coefficient (Wildman–Crippen LogP) is 0.899. The van der Waals surface area contributed by atoms with Gasteiger partial charge in [0.15, 0.2) is 0 Å². The smallest absolute Gasteiger partial charge is 0.236 e. The average molecular weight is 284 g/mol. The van der Waals surface area contributed by atoms with Crippen LogP contribution in [0.15, 0.2) is 24.3 Å². The van der Waals surface area contributed by atoms with Gasteiger partial charge in [-0.3, -0.25) is 4.79 Å². The molecular formula is C14H21FN2O3. The Morgan fingerprint density at radius 3 is 2.65 bits per heavy atom. The zero-order valence-electron chi connectivity index (χ0n) is 11.9. The summed E-state index contributed by atoms with van der Waals surface area (Å²) in [5.41, 5.74) is 0. The Bertz CT molecular complexity index is 398. The van der Waals surface area contributed by atoms with Crippen LogP contribution in [0, 0.1) is 5.82 Å². The van der Waals surface area contributed by atoms with Crippen molar-refractivity contribution in [3.63, 3.8) is 0 Å². The van der Waals surface area contributed by atoms with Gasteiger partial charge < -0.3 is 19.7 Å². The molecule has 0 atom stereocenters. The third kappa shape index (κ3) is 6.49. The molecular weight excluding hydrogens is 263 g/mol. The molecule has 0 aliphatic heterocycles. The van der Waals surface area contributed by atoms with Crippen molar-refractivity contribution in [1.82, 2.24) is 10.2 Å². The lowest BCUT2D eigenvalue weighted by Gasteiger charge is -2.17. The molecule has 0 bridgehead atoms. The summed E-state index contributed by atoms with van der Waals surface area (Å²) in [6.07, 6.45) is 0. The Morgan fingerprint density at radius 2 is 2.00 bits per heavy atom. The highest BCUT2D eigenvalue weighted by atomic mass is 19.1. The summed E-state index contributed by atoms with van der Waals surface area (Å²) in [7, 11) is 3.33. The quantitative estimate of drug-likeness (QED) is 0.685. The number of benzene rings is 1. The van der Waals surface area contributed by atoms with Crippen LogP contribution in [0.2, 0.25) is 0 Å². The van der Waals surface area contributed by atoms with E-state index in [0.29, 0.717) is 32.1 Å². The number of hydrogen-bond donors (Lipinski definition) is 1. The second-order valence-corrected chi connectivity index (χ2v) is 4.29. The summed E-state index contributed by atoms with van der Waals surface area (Å²) in [5, 5.41) is 2.98. The van der Waals surface area contributed by atoms with Gasteiger partial charge >= 0.3 is 0 Å². The van der Waals surface area contributed by atoms with Crippen LogP contribution in [0.3, 0.4) is 0 Å². The van der Waals surface area contributed by atoms with Crippen LogP contribution in [-0.4, -0.2) is 57.8 Å². The normalized spacial score (nSPS) is 10.3. The van der Waals surface area contributed by atoms with Crippen molar-refractivity contribution in [2.24, 2.45) is 0 Å². The Kier molecular flexibility index (Phi) is 7.60. The van der Waals surface area contributed by atoms with Crippen LogP contribution in [0.5, 0.6) is 5.75 Å². The minimum atomic E-state index is -0.299. The standard InChI is InChI=1S/C14H21FN2O3/c1-17(14(18)11-16-7-9-19-2)8-10-20-13-5-3-12(15)4-6-13/h3-6,16H,7-11H2,1-2H3. The van der Waals surface area contributed by atoms with Gasteiger partial charge in [0, 0.05) is 20.7 Å². The van der Waals surface area contributed by atoms with Crippen LogP contribution in [0.1, 0.15) is 0 Å².